The lowest BCUT2D eigenvalue weighted by Gasteiger charge is -2.26. The van der Waals surface area contributed by atoms with E-state index in [9.17, 15) is 14.7 Å². The van der Waals surface area contributed by atoms with Gasteiger partial charge in [0.2, 0.25) is 5.78 Å². The minimum Gasteiger partial charge on any atom is -0.503 e. The number of ether oxygens (including phenoxy) is 1. The molecule has 1 atom stereocenters. The van der Waals surface area contributed by atoms with Crippen LogP contribution in [0.3, 0.4) is 0 Å². The van der Waals surface area contributed by atoms with Crippen LogP contribution in [0.4, 0.5) is 0 Å². The quantitative estimate of drug-likeness (QED) is 0.677. The van der Waals surface area contributed by atoms with Gasteiger partial charge in [0.05, 0.1) is 43.8 Å². The van der Waals surface area contributed by atoms with Gasteiger partial charge in [-0.05, 0) is 31.5 Å². The number of thiazole rings is 1. The van der Waals surface area contributed by atoms with E-state index in [4.69, 9.17) is 27.9 Å². The zero-order valence-corrected chi connectivity index (χ0v) is 17.8. The molecule has 0 radical (unpaired) electrons. The molecule has 6 nitrogen and oxygen atoms in total. The minimum absolute atomic E-state index is 0.00578. The number of amides is 1. The average molecular weight is 441 g/mol. The second-order valence-electron chi connectivity index (χ2n) is 6.31. The molecule has 0 fully saturated rings. The second-order valence-corrected chi connectivity index (χ2v) is 8.32. The Balaban J connectivity index is 2.13. The van der Waals surface area contributed by atoms with E-state index in [-0.39, 0.29) is 18.7 Å². The predicted octanol–water partition coefficient (Wildman–Crippen LogP) is 4.29. The molecule has 1 aliphatic heterocycles. The summed E-state index contributed by atoms with van der Waals surface area (Å²) in [7, 11) is 1.51. The van der Waals surface area contributed by atoms with Crippen LogP contribution in [0.15, 0.2) is 29.5 Å². The normalized spacial score (nSPS) is 17.0. The van der Waals surface area contributed by atoms with E-state index < -0.39 is 23.5 Å². The number of hydrogen-bond acceptors (Lipinski definition) is 6. The van der Waals surface area contributed by atoms with Crippen molar-refractivity contribution >= 4 is 46.2 Å². The van der Waals surface area contributed by atoms with Gasteiger partial charge in [-0.25, -0.2) is 4.98 Å². The number of aliphatic hydroxyl groups excluding tert-OH is 1. The Hall–Kier alpha value is -1.93. The van der Waals surface area contributed by atoms with Crippen molar-refractivity contribution < 1.29 is 19.4 Å². The number of hydrogen-bond donors (Lipinski definition) is 1. The highest BCUT2D eigenvalue weighted by Crippen LogP contribution is 2.41. The van der Waals surface area contributed by atoms with Gasteiger partial charge in [-0.15, -0.1) is 11.3 Å². The Bertz CT molecular complexity index is 986. The van der Waals surface area contributed by atoms with Crippen molar-refractivity contribution in [2.45, 2.75) is 19.9 Å². The summed E-state index contributed by atoms with van der Waals surface area (Å²) < 4.78 is 5.08. The van der Waals surface area contributed by atoms with Crippen LogP contribution >= 0.6 is 34.5 Å². The summed E-state index contributed by atoms with van der Waals surface area (Å²) in [5.74, 6) is -1.62. The third-order valence-corrected chi connectivity index (χ3v) is 6.26. The molecule has 1 N–H and O–H groups in total. The first kappa shape index (κ1) is 20.8. The number of benzene rings is 1. The molecule has 148 valence electrons. The van der Waals surface area contributed by atoms with Crippen LogP contribution in [0.25, 0.3) is 0 Å². The summed E-state index contributed by atoms with van der Waals surface area (Å²) in [5, 5.41) is 11.9. The number of aliphatic hydroxyl groups is 1. The molecule has 1 amide bonds. The molecule has 28 heavy (non-hydrogen) atoms. The van der Waals surface area contributed by atoms with Gasteiger partial charge in [0.15, 0.2) is 5.76 Å². The van der Waals surface area contributed by atoms with Gasteiger partial charge in [-0.1, -0.05) is 29.3 Å². The van der Waals surface area contributed by atoms with Gasteiger partial charge in [0, 0.05) is 13.7 Å². The zero-order chi connectivity index (χ0) is 20.6. The standard InChI is InChI=1S/C19H18Cl2N2O4S/c1-9-18(28-10(2)22-9)16(24)14-15(11-4-5-12(20)13(21)8-11)23(6-7-27-3)19(26)17(14)25/h4-5,8,15,25H,6-7H2,1-3H3. The van der Waals surface area contributed by atoms with E-state index >= 15 is 0 Å². The summed E-state index contributed by atoms with van der Waals surface area (Å²) in [4.78, 5) is 32.1. The maximum atomic E-state index is 13.3. The number of carbonyl (C=O) groups excluding carboxylic acids is 2. The van der Waals surface area contributed by atoms with E-state index in [1.807, 2.05) is 0 Å². The molecule has 2 aromatic rings. The van der Waals surface area contributed by atoms with E-state index in [0.29, 0.717) is 26.2 Å². The molecule has 1 aromatic heterocycles. The number of halogens is 2. The SMILES string of the molecule is COCCN1C(=O)C(O)=C(C(=O)c2sc(C)nc2C)C1c1ccc(Cl)c(Cl)c1. The molecular formula is C19H18Cl2N2O4S. The molecule has 0 saturated heterocycles. The van der Waals surface area contributed by atoms with E-state index in [0.717, 1.165) is 5.01 Å². The summed E-state index contributed by atoms with van der Waals surface area (Å²) in [6, 6.07) is 4.07. The molecule has 3 rings (SSSR count). The minimum atomic E-state index is -0.799. The maximum absolute atomic E-state index is 13.3. The lowest BCUT2D eigenvalue weighted by Crippen LogP contribution is -2.34. The van der Waals surface area contributed by atoms with Crippen LogP contribution in [0.1, 0.15) is 32.0 Å². The maximum Gasteiger partial charge on any atom is 0.290 e. The summed E-state index contributed by atoms with van der Waals surface area (Å²) in [6.07, 6.45) is 0. The molecule has 1 aromatic carbocycles. The number of aryl methyl sites for hydroxylation is 2. The number of nitrogens with zero attached hydrogens (tertiary/aromatic N) is 2. The summed E-state index contributed by atoms with van der Waals surface area (Å²) in [5.41, 5.74) is 1.14. The highest BCUT2D eigenvalue weighted by molar-refractivity contribution is 7.14. The topological polar surface area (TPSA) is 79.7 Å². The van der Waals surface area contributed by atoms with Gasteiger partial charge in [-0.2, -0.15) is 0 Å². The van der Waals surface area contributed by atoms with Crippen LogP contribution in [0.2, 0.25) is 10.0 Å². The van der Waals surface area contributed by atoms with Crippen LogP contribution in [-0.2, 0) is 9.53 Å². The Morgan fingerprint density at radius 2 is 2.04 bits per heavy atom. The highest BCUT2D eigenvalue weighted by Gasteiger charge is 2.44. The van der Waals surface area contributed by atoms with Crippen molar-refractivity contribution in [1.29, 1.82) is 0 Å². The third-order valence-electron chi connectivity index (χ3n) is 4.45. The number of Topliss-reactive ketones (excluding diaryl/α,β-unsaturated/α-hetero) is 1. The zero-order valence-electron chi connectivity index (χ0n) is 15.5. The first-order chi connectivity index (χ1) is 13.3. The average Bonchev–Trinajstić information content (AvgIpc) is 3.12. The molecular weight excluding hydrogens is 423 g/mol. The summed E-state index contributed by atoms with van der Waals surface area (Å²) in [6.45, 7) is 3.96. The molecule has 1 aliphatic rings. The smallest absolute Gasteiger partial charge is 0.290 e. The second kappa shape index (κ2) is 8.21. The molecule has 0 saturated carbocycles. The van der Waals surface area contributed by atoms with E-state index in [1.54, 1.807) is 32.0 Å². The Morgan fingerprint density at radius 1 is 1.32 bits per heavy atom. The fraction of sp³-hybridized carbons (Fsp3) is 0.316. The third kappa shape index (κ3) is 3.67. The van der Waals surface area contributed by atoms with Crippen molar-refractivity contribution in [1.82, 2.24) is 9.88 Å². The molecule has 1 unspecified atom stereocenters. The fourth-order valence-electron chi connectivity index (χ4n) is 3.20. The summed E-state index contributed by atoms with van der Waals surface area (Å²) >= 11 is 13.4. The largest absolute Gasteiger partial charge is 0.503 e. The van der Waals surface area contributed by atoms with Crippen LogP contribution in [0, 0.1) is 13.8 Å². The van der Waals surface area contributed by atoms with Gasteiger partial charge < -0.3 is 14.7 Å². The van der Waals surface area contributed by atoms with Crippen molar-refractivity contribution in [3.8, 4) is 0 Å². The molecule has 0 bridgehead atoms. The Labute approximate surface area is 176 Å². The van der Waals surface area contributed by atoms with Gasteiger partial charge in [0.1, 0.15) is 0 Å². The van der Waals surface area contributed by atoms with Crippen molar-refractivity contribution in [2.24, 2.45) is 0 Å². The van der Waals surface area contributed by atoms with Gasteiger partial charge >= 0.3 is 0 Å². The molecule has 0 spiro atoms. The number of ketones is 1. The van der Waals surface area contributed by atoms with Crippen LogP contribution in [-0.4, -0.2) is 46.9 Å². The highest BCUT2D eigenvalue weighted by atomic mass is 35.5. The van der Waals surface area contributed by atoms with Crippen molar-refractivity contribution in [3.63, 3.8) is 0 Å². The number of rotatable bonds is 6. The van der Waals surface area contributed by atoms with Crippen molar-refractivity contribution in [3.05, 3.63) is 60.7 Å². The van der Waals surface area contributed by atoms with E-state index in [2.05, 4.69) is 4.98 Å². The van der Waals surface area contributed by atoms with Crippen LogP contribution in [0.5, 0.6) is 0 Å². The Morgan fingerprint density at radius 3 is 2.61 bits per heavy atom. The lowest BCUT2D eigenvalue weighted by atomic mass is 9.95. The first-order valence-corrected chi connectivity index (χ1v) is 10.00. The van der Waals surface area contributed by atoms with Crippen molar-refractivity contribution in [2.75, 3.05) is 20.3 Å². The molecule has 2 heterocycles. The molecule has 0 aliphatic carbocycles. The van der Waals surface area contributed by atoms with Crippen LogP contribution < -0.4 is 0 Å². The Kier molecular flexibility index (Phi) is 6.09. The number of carbonyl (C=O) groups is 2. The predicted molar refractivity (Wildman–Crippen MR) is 108 cm³/mol. The number of methoxy groups -OCH3 is 1. The lowest BCUT2D eigenvalue weighted by molar-refractivity contribution is -0.130. The number of aromatic nitrogens is 1. The van der Waals surface area contributed by atoms with Gasteiger partial charge in [-0.3, -0.25) is 9.59 Å². The van der Waals surface area contributed by atoms with E-state index in [1.165, 1.54) is 23.3 Å². The fourth-order valence-corrected chi connectivity index (χ4v) is 4.38. The van der Waals surface area contributed by atoms with Gasteiger partial charge in [0.25, 0.3) is 5.91 Å². The first-order valence-electron chi connectivity index (χ1n) is 8.43. The monoisotopic (exact) mass is 440 g/mol. The molecule has 9 heteroatoms.